The van der Waals surface area contributed by atoms with Gasteiger partial charge in [-0.05, 0) is 51.6 Å². The van der Waals surface area contributed by atoms with Crippen LogP contribution in [0.15, 0.2) is 23.3 Å². The van der Waals surface area contributed by atoms with Crippen LogP contribution in [0.2, 0.25) is 0 Å². The Kier molecular flexibility index (Phi) is 4.23. The molecule has 4 heteroatoms. The minimum absolute atomic E-state index is 0.0541. The molecule has 0 N–H and O–H groups in total. The first-order chi connectivity index (χ1) is 9.45. The molecule has 0 amide bonds. The van der Waals surface area contributed by atoms with E-state index in [1.807, 2.05) is 40.1 Å². The Morgan fingerprint density at radius 1 is 1.30 bits per heavy atom. The van der Waals surface area contributed by atoms with Gasteiger partial charge in [0.15, 0.2) is 0 Å². The molecule has 0 aliphatic heterocycles. The zero-order valence-corrected chi connectivity index (χ0v) is 13.0. The van der Waals surface area contributed by atoms with Gasteiger partial charge < -0.3 is 4.90 Å². The Labute approximate surface area is 120 Å². The largest absolute Gasteiger partial charge is 0.305 e. The van der Waals surface area contributed by atoms with E-state index < -0.39 is 0 Å². The van der Waals surface area contributed by atoms with Crippen LogP contribution >= 0.6 is 0 Å². The van der Waals surface area contributed by atoms with Gasteiger partial charge in [0.25, 0.3) is 5.56 Å². The second-order valence-corrected chi connectivity index (χ2v) is 5.63. The maximum atomic E-state index is 12.6. The Morgan fingerprint density at radius 2 is 2.00 bits per heavy atom. The molecule has 0 bridgehead atoms. The molecule has 0 saturated carbocycles. The van der Waals surface area contributed by atoms with Gasteiger partial charge in [0.05, 0.1) is 17.2 Å². The summed E-state index contributed by atoms with van der Waals surface area (Å²) in [5, 5.41) is 0.712. The first-order valence-corrected chi connectivity index (χ1v) is 7.07. The zero-order chi connectivity index (χ0) is 14.9. The van der Waals surface area contributed by atoms with Crippen molar-refractivity contribution in [1.82, 2.24) is 14.5 Å². The molecule has 0 aliphatic carbocycles. The number of aromatic nitrogens is 2. The third-order valence-electron chi connectivity index (χ3n) is 4.13. The highest BCUT2D eigenvalue weighted by molar-refractivity contribution is 5.81. The lowest BCUT2D eigenvalue weighted by Gasteiger charge is -2.23. The molecule has 0 radical (unpaired) electrons. The lowest BCUT2D eigenvalue weighted by Crippen LogP contribution is -2.35. The van der Waals surface area contributed by atoms with E-state index in [4.69, 9.17) is 0 Å². The SMILES string of the molecule is CCC(Cn1cnc2c(C)c(C)ccc2c1=O)N(C)C. The van der Waals surface area contributed by atoms with E-state index in [1.54, 1.807) is 10.9 Å². The summed E-state index contributed by atoms with van der Waals surface area (Å²) in [5.74, 6) is 0. The van der Waals surface area contributed by atoms with Crippen LogP contribution in [-0.4, -0.2) is 34.6 Å². The molecule has 1 atom stereocenters. The highest BCUT2D eigenvalue weighted by Crippen LogP contribution is 2.16. The van der Waals surface area contributed by atoms with Gasteiger partial charge in [-0.1, -0.05) is 13.0 Å². The van der Waals surface area contributed by atoms with E-state index in [0.29, 0.717) is 18.0 Å². The fourth-order valence-electron chi connectivity index (χ4n) is 2.49. The second-order valence-electron chi connectivity index (χ2n) is 5.63. The zero-order valence-electron chi connectivity index (χ0n) is 13.0. The Balaban J connectivity index is 2.50. The van der Waals surface area contributed by atoms with Crippen LogP contribution in [0.1, 0.15) is 24.5 Å². The molecule has 2 rings (SSSR count). The predicted molar refractivity (Wildman–Crippen MR) is 83.2 cm³/mol. The van der Waals surface area contributed by atoms with Crippen molar-refractivity contribution in [3.8, 4) is 0 Å². The van der Waals surface area contributed by atoms with E-state index in [1.165, 1.54) is 5.56 Å². The molecule has 4 nitrogen and oxygen atoms in total. The van der Waals surface area contributed by atoms with Crippen molar-refractivity contribution in [2.75, 3.05) is 14.1 Å². The van der Waals surface area contributed by atoms with Crippen molar-refractivity contribution in [2.45, 2.75) is 39.8 Å². The van der Waals surface area contributed by atoms with Crippen molar-refractivity contribution >= 4 is 10.9 Å². The number of hydrogen-bond acceptors (Lipinski definition) is 3. The summed E-state index contributed by atoms with van der Waals surface area (Å²) in [5.41, 5.74) is 3.14. The number of fused-ring (bicyclic) bond motifs is 1. The minimum Gasteiger partial charge on any atom is -0.305 e. The average molecular weight is 273 g/mol. The molecule has 0 aliphatic rings. The molecule has 0 saturated heterocycles. The minimum atomic E-state index is 0.0541. The number of hydrogen-bond donors (Lipinski definition) is 0. The first-order valence-electron chi connectivity index (χ1n) is 7.07. The molecule has 1 heterocycles. The highest BCUT2D eigenvalue weighted by Gasteiger charge is 2.13. The molecule has 2 aromatic rings. The van der Waals surface area contributed by atoms with Gasteiger partial charge in [0.2, 0.25) is 0 Å². The van der Waals surface area contributed by atoms with Crippen LogP contribution in [0.25, 0.3) is 10.9 Å². The summed E-state index contributed by atoms with van der Waals surface area (Å²) in [4.78, 5) is 19.2. The standard InChI is InChI=1S/C16H23N3O/c1-6-13(18(4)5)9-19-10-17-15-12(3)11(2)7-8-14(15)16(19)20/h7-8,10,13H,6,9H2,1-5H3. The molecular formula is C16H23N3O. The maximum Gasteiger partial charge on any atom is 0.261 e. The molecule has 0 fully saturated rings. The third kappa shape index (κ3) is 2.61. The van der Waals surface area contributed by atoms with Crippen LogP contribution in [0, 0.1) is 13.8 Å². The monoisotopic (exact) mass is 273 g/mol. The number of rotatable bonds is 4. The van der Waals surface area contributed by atoms with Crippen LogP contribution in [0.3, 0.4) is 0 Å². The van der Waals surface area contributed by atoms with Crippen molar-refractivity contribution in [2.24, 2.45) is 0 Å². The van der Waals surface area contributed by atoms with E-state index in [-0.39, 0.29) is 5.56 Å². The van der Waals surface area contributed by atoms with Gasteiger partial charge in [-0.2, -0.15) is 0 Å². The van der Waals surface area contributed by atoms with Gasteiger partial charge >= 0.3 is 0 Å². The van der Waals surface area contributed by atoms with Crippen molar-refractivity contribution in [1.29, 1.82) is 0 Å². The summed E-state index contributed by atoms with van der Waals surface area (Å²) >= 11 is 0. The summed E-state index contributed by atoms with van der Waals surface area (Å²) < 4.78 is 1.73. The lowest BCUT2D eigenvalue weighted by atomic mass is 10.1. The van der Waals surface area contributed by atoms with Crippen molar-refractivity contribution < 1.29 is 0 Å². The average Bonchev–Trinajstić information content (AvgIpc) is 2.42. The molecule has 0 spiro atoms. The van der Waals surface area contributed by atoms with E-state index in [0.717, 1.165) is 17.5 Å². The van der Waals surface area contributed by atoms with Crippen LogP contribution in [0.4, 0.5) is 0 Å². The third-order valence-corrected chi connectivity index (χ3v) is 4.13. The quantitative estimate of drug-likeness (QED) is 0.858. The van der Waals surface area contributed by atoms with E-state index in [9.17, 15) is 4.79 Å². The normalized spacial score (nSPS) is 13.1. The predicted octanol–water partition coefficient (Wildman–Crippen LogP) is 2.35. The number of nitrogens with zero attached hydrogens (tertiary/aromatic N) is 3. The number of aryl methyl sites for hydroxylation is 2. The van der Waals surface area contributed by atoms with Crippen LogP contribution in [-0.2, 0) is 6.54 Å². The van der Waals surface area contributed by atoms with Gasteiger partial charge in [-0.25, -0.2) is 4.98 Å². The molecule has 1 aromatic carbocycles. The summed E-state index contributed by atoms with van der Waals surface area (Å²) in [7, 11) is 4.09. The smallest absolute Gasteiger partial charge is 0.261 e. The molecular weight excluding hydrogens is 250 g/mol. The summed E-state index contributed by atoms with van der Waals surface area (Å²) in [6, 6.07) is 4.23. The second kappa shape index (κ2) is 5.75. The molecule has 108 valence electrons. The summed E-state index contributed by atoms with van der Waals surface area (Å²) in [6.07, 6.45) is 2.69. The Bertz CT molecular complexity index is 673. The van der Waals surface area contributed by atoms with Gasteiger partial charge in [-0.3, -0.25) is 9.36 Å². The lowest BCUT2D eigenvalue weighted by molar-refractivity contribution is 0.255. The van der Waals surface area contributed by atoms with Gasteiger partial charge in [0.1, 0.15) is 0 Å². The van der Waals surface area contributed by atoms with Crippen molar-refractivity contribution in [3.63, 3.8) is 0 Å². The van der Waals surface area contributed by atoms with Gasteiger partial charge in [0, 0.05) is 12.6 Å². The van der Waals surface area contributed by atoms with Crippen molar-refractivity contribution in [3.05, 3.63) is 39.9 Å². The number of likely N-dealkylation sites (N-methyl/N-ethyl adjacent to an activating group) is 1. The fraction of sp³-hybridized carbons (Fsp3) is 0.500. The fourth-order valence-corrected chi connectivity index (χ4v) is 2.49. The number of benzene rings is 1. The summed E-state index contributed by atoms with van der Waals surface area (Å²) in [6.45, 7) is 6.88. The maximum absolute atomic E-state index is 12.6. The first kappa shape index (κ1) is 14.7. The van der Waals surface area contributed by atoms with Gasteiger partial charge in [-0.15, -0.1) is 0 Å². The van der Waals surface area contributed by atoms with Crippen LogP contribution < -0.4 is 5.56 Å². The molecule has 1 unspecified atom stereocenters. The Hall–Kier alpha value is -1.68. The van der Waals surface area contributed by atoms with E-state index in [2.05, 4.69) is 16.8 Å². The Morgan fingerprint density at radius 3 is 2.60 bits per heavy atom. The highest BCUT2D eigenvalue weighted by atomic mass is 16.1. The topological polar surface area (TPSA) is 38.1 Å². The molecule has 1 aromatic heterocycles. The van der Waals surface area contributed by atoms with Crippen LogP contribution in [0.5, 0.6) is 0 Å². The van der Waals surface area contributed by atoms with E-state index >= 15 is 0 Å². The molecule has 20 heavy (non-hydrogen) atoms.